The third-order valence-corrected chi connectivity index (χ3v) is 9.08. The van der Waals surface area contributed by atoms with E-state index in [9.17, 15) is 19.5 Å². The van der Waals surface area contributed by atoms with Gasteiger partial charge in [-0.25, -0.2) is 0 Å². The van der Waals surface area contributed by atoms with Crippen molar-refractivity contribution >= 4 is 23.5 Å². The van der Waals surface area contributed by atoms with E-state index in [-0.39, 0.29) is 31.6 Å². The molecule has 3 saturated heterocycles. The summed E-state index contributed by atoms with van der Waals surface area (Å²) in [4.78, 5) is 45.9. The number of amides is 2. The molecule has 40 heavy (non-hydrogen) atoms. The number of hydrogen-bond donors (Lipinski definition) is 1. The van der Waals surface area contributed by atoms with Crippen LogP contribution in [0.4, 0.5) is 5.69 Å². The van der Waals surface area contributed by atoms with Gasteiger partial charge in [-0.05, 0) is 69.9 Å². The molecule has 8 nitrogen and oxygen atoms in total. The molecule has 0 aromatic heterocycles. The van der Waals surface area contributed by atoms with Crippen LogP contribution >= 0.6 is 0 Å². The molecule has 218 valence electrons. The van der Waals surface area contributed by atoms with E-state index in [1.807, 2.05) is 39.0 Å². The highest BCUT2D eigenvalue weighted by atomic mass is 16.6. The van der Waals surface area contributed by atoms with Crippen LogP contribution in [0.15, 0.2) is 43.5 Å². The van der Waals surface area contributed by atoms with Gasteiger partial charge < -0.3 is 24.4 Å². The van der Waals surface area contributed by atoms with Gasteiger partial charge in [-0.2, -0.15) is 0 Å². The predicted molar refractivity (Wildman–Crippen MR) is 154 cm³/mol. The number of carbonyl (C=O) groups excluding carboxylic acids is 3. The number of esters is 1. The zero-order chi connectivity index (χ0) is 29.1. The summed E-state index contributed by atoms with van der Waals surface area (Å²) in [6.45, 7) is 14.4. The van der Waals surface area contributed by atoms with Crippen LogP contribution in [0.5, 0.6) is 0 Å². The molecule has 1 aromatic carbocycles. The summed E-state index contributed by atoms with van der Waals surface area (Å²) in [6, 6.07) is 5.02. The molecule has 0 aliphatic carbocycles. The van der Waals surface area contributed by atoms with E-state index in [2.05, 4.69) is 13.2 Å². The second-order valence-corrected chi connectivity index (χ2v) is 11.4. The van der Waals surface area contributed by atoms with Gasteiger partial charge in [0.1, 0.15) is 17.6 Å². The Morgan fingerprint density at radius 1 is 1.18 bits per heavy atom. The summed E-state index contributed by atoms with van der Waals surface area (Å²) in [6.07, 6.45) is 7.53. The monoisotopic (exact) mass is 552 g/mol. The van der Waals surface area contributed by atoms with Gasteiger partial charge in [0, 0.05) is 25.4 Å². The van der Waals surface area contributed by atoms with Crippen molar-refractivity contribution < 1.29 is 29.0 Å². The van der Waals surface area contributed by atoms with Crippen LogP contribution in [-0.2, 0) is 23.9 Å². The first-order valence-corrected chi connectivity index (χ1v) is 14.6. The molecular weight excluding hydrogens is 508 g/mol. The first-order valence-electron chi connectivity index (χ1n) is 14.6. The molecule has 2 amide bonds. The van der Waals surface area contributed by atoms with Gasteiger partial charge in [-0.15, -0.1) is 13.2 Å². The second-order valence-electron chi connectivity index (χ2n) is 11.4. The average Bonchev–Trinajstić information content (AvgIpc) is 3.54. The number of aliphatic hydroxyl groups is 1. The molecule has 8 heteroatoms. The molecule has 4 rings (SSSR count). The van der Waals surface area contributed by atoms with Crippen molar-refractivity contribution in [1.29, 1.82) is 0 Å². The van der Waals surface area contributed by atoms with Crippen molar-refractivity contribution in [3.05, 3.63) is 54.6 Å². The van der Waals surface area contributed by atoms with Crippen LogP contribution in [0.25, 0.3) is 0 Å². The molecule has 3 aliphatic rings. The largest absolute Gasteiger partial charge is 0.465 e. The number of anilines is 1. The molecule has 0 radical (unpaired) electrons. The van der Waals surface area contributed by atoms with Crippen molar-refractivity contribution in [3.63, 3.8) is 0 Å². The van der Waals surface area contributed by atoms with Gasteiger partial charge in [-0.1, -0.05) is 37.3 Å². The fourth-order valence-corrected chi connectivity index (χ4v) is 7.30. The molecule has 3 aliphatic heterocycles. The minimum atomic E-state index is -1.11. The third kappa shape index (κ3) is 4.90. The lowest BCUT2D eigenvalue weighted by Crippen LogP contribution is -2.56. The fraction of sp³-hybridized carbons (Fsp3) is 0.594. The second kappa shape index (κ2) is 12.3. The Bertz CT molecular complexity index is 1130. The Morgan fingerprint density at radius 2 is 1.90 bits per heavy atom. The van der Waals surface area contributed by atoms with Crippen LogP contribution in [0, 0.1) is 25.7 Å². The molecule has 2 bridgehead atoms. The van der Waals surface area contributed by atoms with Crippen LogP contribution < -0.4 is 4.90 Å². The topological polar surface area (TPSA) is 96.4 Å². The van der Waals surface area contributed by atoms with Gasteiger partial charge in [0.15, 0.2) is 0 Å². The number of rotatable bonds is 14. The molecule has 3 fully saturated rings. The quantitative estimate of drug-likeness (QED) is 0.211. The molecule has 3 heterocycles. The summed E-state index contributed by atoms with van der Waals surface area (Å²) >= 11 is 0. The van der Waals surface area contributed by atoms with Gasteiger partial charge in [0.2, 0.25) is 5.91 Å². The number of unbranched alkanes of at least 4 members (excludes halogenated alkanes) is 2. The predicted octanol–water partition coefficient (Wildman–Crippen LogP) is 4.26. The van der Waals surface area contributed by atoms with Gasteiger partial charge in [0.25, 0.3) is 5.91 Å². The number of fused-ring (bicyclic) bond motifs is 1. The third-order valence-electron chi connectivity index (χ3n) is 9.08. The highest BCUT2D eigenvalue weighted by Gasteiger charge is 2.79. The number of aryl methyl sites for hydroxylation is 2. The van der Waals surface area contributed by atoms with Crippen LogP contribution in [0.1, 0.15) is 63.0 Å². The standard InChI is InChI=1S/C32H44N2O6/c1-6-9-21-39-30(38)25-24-28(36)34(19-11-10-12-20-35)27(32(24)17-16-31(25,8-3)40-32)29(37)33(18-7-2)26-22(4)14-13-15-23(26)5/h6-7,13-15,24-25,27,35H,1-2,8-12,16-21H2,3-5H3/t24-,25+,27?,31-,32?/m0/s1. The Hall–Kier alpha value is -2.97. The number of aliphatic hydroxyl groups excluding tert-OH is 1. The van der Waals surface area contributed by atoms with Crippen molar-refractivity contribution in [3.8, 4) is 0 Å². The molecule has 5 atom stereocenters. The molecule has 1 aromatic rings. The van der Waals surface area contributed by atoms with E-state index in [1.54, 1.807) is 22.0 Å². The van der Waals surface area contributed by atoms with Crippen molar-refractivity contribution in [1.82, 2.24) is 4.90 Å². The summed E-state index contributed by atoms with van der Waals surface area (Å²) < 4.78 is 12.5. The number of likely N-dealkylation sites (tertiary alicyclic amines) is 1. The van der Waals surface area contributed by atoms with Gasteiger partial charge in [0.05, 0.1) is 18.1 Å². The van der Waals surface area contributed by atoms with E-state index in [4.69, 9.17) is 9.47 Å². The number of benzene rings is 1. The minimum absolute atomic E-state index is 0.0727. The summed E-state index contributed by atoms with van der Waals surface area (Å²) in [5.74, 6) is -2.43. The Kier molecular flexibility index (Phi) is 9.20. The van der Waals surface area contributed by atoms with E-state index in [0.717, 1.165) is 23.2 Å². The number of ether oxygens (including phenoxy) is 2. The first-order chi connectivity index (χ1) is 19.2. The average molecular weight is 553 g/mol. The lowest BCUT2D eigenvalue weighted by atomic mass is 9.65. The maximum absolute atomic E-state index is 14.7. The SMILES string of the molecule is C=CCCOC(=O)[C@H]1[C@H]2C(=O)N(CCCCCO)C(C(=O)N(CC=C)c3c(C)cccc3C)C23CC[C@]1(CC)O3. The summed E-state index contributed by atoms with van der Waals surface area (Å²) in [7, 11) is 0. The number of para-hydroxylation sites is 1. The number of hydrogen-bond acceptors (Lipinski definition) is 6. The minimum Gasteiger partial charge on any atom is -0.465 e. The van der Waals surface area contributed by atoms with Crippen molar-refractivity contribution in [2.45, 2.75) is 83.0 Å². The van der Waals surface area contributed by atoms with Crippen LogP contribution in [-0.4, -0.2) is 71.3 Å². The number of carbonyl (C=O) groups is 3. The fourth-order valence-electron chi connectivity index (χ4n) is 7.30. The summed E-state index contributed by atoms with van der Waals surface area (Å²) in [5, 5.41) is 9.29. The van der Waals surface area contributed by atoms with E-state index < -0.39 is 35.0 Å². The summed E-state index contributed by atoms with van der Waals surface area (Å²) in [5.41, 5.74) is 0.758. The van der Waals surface area contributed by atoms with E-state index in [0.29, 0.717) is 45.1 Å². The maximum atomic E-state index is 14.7. The molecule has 0 saturated carbocycles. The highest BCUT2D eigenvalue weighted by molar-refractivity contribution is 6.05. The maximum Gasteiger partial charge on any atom is 0.312 e. The molecule has 1 spiro atoms. The van der Waals surface area contributed by atoms with Crippen LogP contribution in [0.2, 0.25) is 0 Å². The van der Waals surface area contributed by atoms with Gasteiger partial charge >= 0.3 is 5.97 Å². The van der Waals surface area contributed by atoms with Crippen LogP contribution in [0.3, 0.4) is 0 Å². The lowest BCUT2D eigenvalue weighted by Gasteiger charge is -2.37. The molecule has 1 N–H and O–H groups in total. The van der Waals surface area contributed by atoms with Crippen molar-refractivity contribution in [2.24, 2.45) is 11.8 Å². The van der Waals surface area contributed by atoms with Crippen molar-refractivity contribution in [2.75, 3.05) is 31.2 Å². The Labute approximate surface area is 238 Å². The van der Waals surface area contributed by atoms with E-state index in [1.165, 1.54) is 0 Å². The normalized spacial score (nSPS) is 28.4. The Morgan fingerprint density at radius 3 is 2.52 bits per heavy atom. The first kappa shape index (κ1) is 30.0. The highest BCUT2D eigenvalue weighted by Crippen LogP contribution is 2.64. The zero-order valence-electron chi connectivity index (χ0n) is 24.2. The smallest absolute Gasteiger partial charge is 0.312 e. The number of nitrogens with zero attached hydrogens (tertiary/aromatic N) is 2. The lowest BCUT2D eigenvalue weighted by molar-refractivity contribution is -0.160. The Balaban J connectivity index is 1.79. The van der Waals surface area contributed by atoms with Gasteiger partial charge in [-0.3, -0.25) is 14.4 Å². The van der Waals surface area contributed by atoms with E-state index >= 15 is 0 Å². The molecular formula is C32H44N2O6. The zero-order valence-corrected chi connectivity index (χ0v) is 24.2. The molecule has 2 unspecified atom stereocenters.